The molecule has 0 aliphatic carbocycles. The maximum atomic E-state index is 12.8. The number of pyridine rings is 1. The van der Waals surface area contributed by atoms with Crippen LogP contribution in [0.15, 0.2) is 54.9 Å². The number of nitrogens with one attached hydrogen (secondary N) is 3. The summed E-state index contributed by atoms with van der Waals surface area (Å²) in [4.78, 5) is 20.3. The lowest BCUT2D eigenvalue weighted by Gasteiger charge is -2.30. The number of anilines is 2. The van der Waals surface area contributed by atoms with Crippen molar-refractivity contribution < 1.29 is 4.79 Å². The number of aromatic nitrogens is 2. The molecule has 0 spiro atoms. The predicted octanol–water partition coefficient (Wildman–Crippen LogP) is 3.88. The Morgan fingerprint density at radius 3 is 2.52 bits per heavy atom. The Hall–Kier alpha value is -3.08. The van der Waals surface area contributed by atoms with Gasteiger partial charge in [-0.15, -0.1) is 0 Å². The lowest BCUT2D eigenvalue weighted by molar-refractivity contribution is 0.0897. The first-order valence-corrected chi connectivity index (χ1v) is 8.33. The highest BCUT2D eigenvalue weighted by Gasteiger charge is 2.35. The second-order valence-corrected chi connectivity index (χ2v) is 6.97. The Labute approximate surface area is 146 Å². The Morgan fingerprint density at radius 1 is 1.08 bits per heavy atom. The first-order valence-electron chi connectivity index (χ1n) is 8.33. The minimum Gasteiger partial charge on any atom is -0.356 e. The van der Waals surface area contributed by atoms with Crippen molar-refractivity contribution >= 4 is 17.3 Å². The van der Waals surface area contributed by atoms with E-state index in [1.165, 1.54) is 0 Å². The van der Waals surface area contributed by atoms with E-state index >= 15 is 0 Å². The zero-order valence-corrected chi connectivity index (χ0v) is 14.3. The van der Waals surface area contributed by atoms with Gasteiger partial charge in [0.1, 0.15) is 0 Å². The van der Waals surface area contributed by atoms with Crippen LogP contribution >= 0.6 is 0 Å². The summed E-state index contributed by atoms with van der Waals surface area (Å²) in [6, 6.07) is 13.8. The summed E-state index contributed by atoms with van der Waals surface area (Å²) >= 11 is 0. The van der Waals surface area contributed by atoms with Gasteiger partial charge < -0.3 is 15.6 Å². The summed E-state index contributed by atoms with van der Waals surface area (Å²) in [6.45, 7) is 4.07. The Kier molecular flexibility index (Phi) is 3.57. The highest BCUT2D eigenvalue weighted by atomic mass is 16.2. The zero-order valence-electron chi connectivity index (χ0n) is 14.3. The van der Waals surface area contributed by atoms with Gasteiger partial charge in [0.15, 0.2) is 0 Å². The third kappa shape index (κ3) is 2.89. The highest BCUT2D eigenvalue weighted by Crippen LogP contribution is 2.38. The van der Waals surface area contributed by atoms with Crippen LogP contribution in [-0.4, -0.2) is 21.4 Å². The molecule has 0 atom stereocenters. The molecule has 126 valence electrons. The number of benzene rings is 1. The van der Waals surface area contributed by atoms with Crippen molar-refractivity contribution in [3.8, 4) is 11.3 Å². The molecule has 1 aromatic carbocycles. The number of aromatic amines is 1. The van der Waals surface area contributed by atoms with Crippen LogP contribution in [0.5, 0.6) is 0 Å². The van der Waals surface area contributed by atoms with Crippen LogP contribution in [0.25, 0.3) is 11.3 Å². The van der Waals surface area contributed by atoms with E-state index in [1.807, 2.05) is 56.3 Å². The molecule has 3 N–H and O–H groups in total. The summed E-state index contributed by atoms with van der Waals surface area (Å²) in [5.41, 5.74) is 5.03. The van der Waals surface area contributed by atoms with Crippen LogP contribution in [0.2, 0.25) is 0 Å². The summed E-state index contributed by atoms with van der Waals surface area (Å²) in [6.07, 6.45) is 4.26. The number of H-pyrrole nitrogens is 1. The van der Waals surface area contributed by atoms with Crippen LogP contribution in [0.1, 0.15) is 29.9 Å². The molecule has 0 unspecified atom stereocenters. The summed E-state index contributed by atoms with van der Waals surface area (Å²) in [5.74, 6) is -0.0544. The number of amides is 1. The Morgan fingerprint density at radius 2 is 1.80 bits per heavy atom. The minimum atomic E-state index is -0.269. The van der Waals surface area contributed by atoms with E-state index in [0.717, 1.165) is 34.7 Å². The van der Waals surface area contributed by atoms with Gasteiger partial charge in [-0.1, -0.05) is 18.2 Å². The average Bonchev–Trinajstić information content (AvgIpc) is 2.93. The normalized spacial score (nSPS) is 15.4. The molecule has 3 heterocycles. The van der Waals surface area contributed by atoms with Gasteiger partial charge in [0.2, 0.25) is 0 Å². The van der Waals surface area contributed by atoms with Crippen molar-refractivity contribution in [2.75, 3.05) is 5.32 Å². The van der Waals surface area contributed by atoms with Gasteiger partial charge in [0, 0.05) is 41.3 Å². The van der Waals surface area contributed by atoms with Crippen molar-refractivity contribution in [1.82, 2.24) is 15.3 Å². The second kappa shape index (κ2) is 5.77. The first-order chi connectivity index (χ1) is 12.0. The monoisotopic (exact) mass is 332 g/mol. The average molecular weight is 332 g/mol. The van der Waals surface area contributed by atoms with Gasteiger partial charge in [-0.3, -0.25) is 9.78 Å². The Bertz CT molecular complexity index is 914. The van der Waals surface area contributed by atoms with Crippen LogP contribution in [0.3, 0.4) is 0 Å². The molecular weight excluding hydrogens is 312 g/mol. The molecule has 1 amide bonds. The van der Waals surface area contributed by atoms with E-state index in [2.05, 4.69) is 20.6 Å². The van der Waals surface area contributed by atoms with Crippen molar-refractivity contribution in [2.24, 2.45) is 0 Å². The molecule has 1 aliphatic rings. The molecule has 0 fully saturated rings. The molecule has 0 radical (unpaired) electrons. The minimum absolute atomic E-state index is 0.0544. The fourth-order valence-electron chi connectivity index (χ4n) is 3.32. The summed E-state index contributed by atoms with van der Waals surface area (Å²) in [7, 11) is 0. The van der Waals surface area contributed by atoms with Gasteiger partial charge in [-0.2, -0.15) is 0 Å². The van der Waals surface area contributed by atoms with E-state index in [9.17, 15) is 4.79 Å². The fourth-order valence-corrected chi connectivity index (χ4v) is 3.32. The van der Waals surface area contributed by atoms with Crippen LogP contribution in [0, 0.1) is 0 Å². The van der Waals surface area contributed by atoms with Gasteiger partial charge in [0.05, 0.1) is 16.9 Å². The number of carbonyl (C=O) groups excluding carboxylic acids is 1. The third-order valence-electron chi connectivity index (χ3n) is 4.39. The molecule has 0 bridgehead atoms. The third-order valence-corrected chi connectivity index (χ3v) is 4.39. The molecule has 3 aromatic rings. The van der Waals surface area contributed by atoms with Crippen molar-refractivity contribution in [3.63, 3.8) is 0 Å². The lowest BCUT2D eigenvalue weighted by Crippen LogP contribution is -2.49. The SMILES string of the molecule is CC1(C)Cc2[nH]c(-c3ccncc3)c(Nc3ccccc3)c2C(=O)N1. The van der Waals surface area contributed by atoms with Crippen molar-refractivity contribution in [2.45, 2.75) is 25.8 Å². The number of hydrogen-bond donors (Lipinski definition) is 3. The smallest absolute Gasteiger partial charge is 0.255 e. The number of fused-ring (bicyclic) bond motifs is 1. The first kappa shape index (κ1) is 15.4. The fraction of sp³-hybridized carbons (Fsp3) is 0.200. The van der Waals surface area contributed by atoms with Gasteiger partial charge in [0.25, 0.3) is 5.91 Å². The quantitative estimate of drug-likeness (QED) is 0.681. The molecule has 2 aromatic heterocycles. The molecule has 0 saturated heterocycles. The largest absolute Gasteiger partial charge is 0.356 e. The molecule has 1 aliphatic heterocycles. The molecule has 5 nitrogen and oxygen atoms in total. The van der Waals surface area contributed by atoms with E-state index in [4.69, 9.17) is 0 Å². The summed E-state index contributed by atoms with van der Waals surface area (Å²) < 4.78 is 0. The van der Waals surface area contributed by atoms with E-state index in [-0.39, 0.29) is 11.4 Å². The van der Waals surface area contributed by atoms with Gasteiger partial charge >= 0.3 is 0 Å². The second-order valence-electron chi connectivity index (χ2n) is 6.97. The molecule has 0 saturated carbocycles. The molecule has 5 heteroatoms. The maximum absolute atomic E-state index is 12.8. The number of nitrogens with zero attached hydrogens (tertiary/aromatic N) is 1. The van der Waals surface area contributed by atoms with Crippen LogP contribution < -0.4 is 10.6 Å². The topological polar surface area (TPSA) is 69.8 Å². The highest BCUT2D eigenvalue weighted by molar-refractivity contribution is 6.06. The number of carbonyl (C=O) groups is 1. The zero-order chi connectivity index (χ0) is 17.4. The van der Waals surface area contributed by atoms with E-state index < -0.39 is 0 Å². The van der Waals surface area contributed by atoms with Crippen molar-refractivity contribution in [3.05, 3.63) is 66.1 Å². The standard InChI is InChI=1S/C20H20N4O/c1-20(2)12-15-16(19(25)24-20)18(22-14-6-4-3-5-7-14)17(23-15)13-8-10-21-11-9-13/h3-11,22-23H,12H2,1-2H3,(H,24,25). The van der Waals surface area contributed by atoms with Gasteiger partial charge in [-0.25, -0.2) is 0 Å². The molecule has 25 heavy (non-hydrogen) atoms. The van der Waals surface area contributed by atoms with Gasteiger partial charge in [-0.05, 0) is 38.1 Å². The van der Waals surface area contributed by atoms with Crippen molar-refractivity contribution in [1.29, 1.82) is 0 Å². The summed E-state index contributed by atoms with van der Waals surface area (Å²) in [5, 5.41) is 6.52. The molecular formula is C20H20N4O. The number of rotatable bonds is 3. The Balaban J connectivity index is 1.88. The number of para-hydroxylation sites is 1. The van der Waals surface area contributed by atoms with E-state index in [1.54, 1.807) is 12.4 Å². The number of hydrogen-bond acceptors (Lipinski definition) is 3. The lowest BCUT2D eigenvalue weighted by atomic mass is 9.91. The van der Waals surface area contributed by atoms with E-state index in [0.29, 0.717) is 5.56 Å². The van der Waals surface area contributed by atoms with Crippen LogP contribution in [0.4, 0.5) is 11.4 Å². The molecule has 4 rings (SSSR count). The maximum Gasteiger partial charge on any atom is 0.255 e. The van der Waals surface area contributed by atoms with Crippen LogP contribution in [-0.2, 0) is 6.42 Å². The predicted molar refractivity (Wildman–Crippen MR) is 99.0 cm³/mol.